The van der Waals surface area contributed by atoms with Crippen LogP contribution in [0.5, 0.6) is 0 Å². The molecule has 1 heterocycles. The van der Waals surface area contributed by atoms with Crippen molar-refractivity contribution in [3.63, 3.8) is 0 Å². The monoisotopic (exact) mass is 381 g/mol. The van der Waals surface area contributed by atoms with E-state index < -0.39 is 0 Å². The van der Waals surface area contributed by atoms with Crippen LogP contribution >= 0.6 is 11.8 Å². The summed E-state index contributed by atoms with van der Waals surface area (Å²) < 4.78 is 5.68. The minimum atomic E-state index is -0.0916. The van der Waals surface area contributed by atoms with E-state index in [-0.39, 0.29) is 17.6 Å². The van der Waals surface area contributed by atoms with Gasteiger partial charge in [-0.3, -0.25) is 4.79 Å². The van der Waals surface area contributed by atoms with Crippen molar-refractivity contribution in [3.05, 3.63) is 71.1 Å². The number of nitrogens with zero attached hydrogens (tertiary/aromatic N) is 2. The van der Waals surface area contributed by atoms with Crippen LogP contribution in [0.1, 0.15) is 35.4 Å². The number of thioether (sulfide) groups is 1. The Balaban J connectivity index is 1.52. The minimum Gasteiger partial charge on any atom is -0.416 e. The number of aryl methyl sites for hydroxylation is 2. The Kier molecular flexibility index (Phi) is 6.29. The SMILES string of the molecule is Cc1ccc(C)c(NC(=O)CSc2nnc(CC(C)c3ccccc3)o2)c1. The van der Waals surface area contributed by atoms with Gasteiger partial charge in [0.1, 0.15) is 0 Å². The molecule has 0 saturated carbocycles. The Morgan fingerprint density at radius 3 is 2.70 bits per heavy atom. The zero-order valence-corrected chi connectivity index (χ0v) is 16.5. The van der Waals surface area contributed by atoms with Crippen LogP contribution in [0.25, 0.3) is 0 Å². The number of hydrogen-bond acceptors (Lipinski definition) is 5. The quantitative estimate of drug-likeness (QED) is 0.598. The summed E-state index contributed by atoms with van der Waals surface area (Å²) >= 11 is 1.25. The molecule has 2 aromatic carbocycles. The number of benzene rings is 2. The normalized spacial score (nSPS) is 12.0. The summed E-state index contributed by atoms with van der Waals surface area (Å²) in [5.74, 6) is 1.01. The first-order valence-electron chi connectivity index (χ1n) is 8.88. The van der Waals surface area contributed by atoms with Gasteiger partial charge < -0.3 is 9.73 Å². The Morgan fingerprint density at radius 1 is 1.15 bits per heavy atom. The summed E-state index contributed by atoms with van der Waals surface area (Å²) in [6.07, 6.45) is 0.673. The average molecular weight is 382 g/mol. The molecule has 1 unspecified atom stereocenters. The molecule has 1 aromatic heterocycles. The first kappa shape index (κ1) is 19.2. The van der Waals surface area contributed by atoms with E-state index in [0.717, 1.165) is 16.8 Å². The average Bonchev–Trinajstić information content (AvgIpc) is 3.11. The van der Waals surface area contributed by atoms with Gasteiger partial charge in [0.05, 0.1) is 5.75 Å². The molecule has 0 spiro atoms. The summed E-state index contributed by atoms with van der Waals surface area (Å²) in [5.41, 5.74) is 4.22. The standard InChI is InChI=1S/C21H23N3O2S/c1-14-9-10-15(2)18(11-14)22-19(25)13-27-21-24-23-20(26-21)12-16(3)17-7-5-4-6-8-17/h4-11,16H,12-13H2,1-3H3,(H,22,25). The largest absolute Gasteiger partial charge is 0.416 e. The van der Waals surface area contributed by atoms with E-state index in [1.54, 1.807) is 0 Å². The highest BCUT2D eigenvalue weighted by atomic mass is 32.2. The third-order valence-corrected chi connectivity index (χ3v) is 5.11. The van der Waals surface area contributed by atoms with Crippen LogP contribution in [0, 0.1) is 13.8 Å². The number of nitrogens with one attached hydrogen (secondary N) is 1. The third kappa shape index (κ3) is 5.44. The van der Waals surface area contributed by atoms with Gasteiger partial charge in [-0.15, -0.1) is 10.2 Å². The van der Waals surface area contributed by atoms with Crippen molar-refractivity contribution in [2.24, 2.45) is 0 Å². The third-order valence-electron chi connectivity index (χ3n) is 4.29. The molecule has 0 aliphatic rings. The van der Waals surface area contributed by atoms with Gasteiger partial charge in [0, 0.05) is 12.1 Å². The maximum Gasteiger partial charge on any atom is 0.277 e. The predicted molar refractivity (Wildman–Crippen MR) is 108 cm³/mol. The van der Waals surface area contributed by atoms with E-state index in [2.05, 4.69) is 34.6 Å². The van der Waals surface area contributed by atoms with E-state index >= 15 is 0 Å². The first-order chi connectivity index (χ1) is 13.0. The van der Waals surface area contributed by atoms with Crippen molar-refractivity contribution in [2.45, 2.75) is 38.3 Å². The Labute approximate surface area is 163 Å². The number of aromatic nitrogens is 2. The summed E-state index contributed by atoms with van der Waals surface area (Å²) in [6, 6.07) is 16.2. The van der Waals surface area contributed by atoms with Gasteiger partial charge in [-0.05, 0) is 42.5 Å². The molecule has 0 bridgehead atoms. The number of amides is 1. The van der Waals surface area contributed by atoms with Gasteiger partial charge in [0.15, 0.2) is 0 Å². The highest BCUT2D eigenvalue weighted by molar-refractivity contribution is 7.99. The van der Waals surface area contributed by atoms with Gasteiger partial charge in [-0.2, -0.15) is 0 Å². The lowest BCUT2D eigenvalue weighted by Crippen LogP contribution is -2.14. The molecule has 5 nitrogen and oxygen atoms in total. The molecule has 0 fully saturated rings. The molecule has 0 radical (unpaired) electrons. The molecule has 1 amide bonds. The van der Waals surface area contributed by atoms with E-state index in [4.69, 9.17) is 4.42 Å². The lowest BCUT2D eigenvalue weighted by molar-refractivity contribution is -0.113. The molecule has 0 aliphatic carbocycles. The summed E-state index contributed by atoms with van der Waals surface area (Å²) in [6.45, 7) is 6.10. The van der Waals surface area contributed by atoms with Crippen LogP contribution in [0.15, 0.2) is 58.2 Å². The second kappa shape index (κ2) is 8.86. The van der Waals surface area contributed by atoms with Gasteiger partial charge in [0.25, 0.3) is 5.22 Å². The van der Waals surface area contributed by atoms with Crippen LogP contribution in [-0.2, 0) is 11.2 Å². The number of hydrogen-bond donors (Lipinski definition) is 1. The molecule has 1 N–H and O–H groups in total. The molecule has 0 saturated heterocycles. The van der Waals surface area contributed by atoms with Crippen molar-refractivity contribution in [2.75, 3.05) is 11.1 Å². The van der Waals surface area contributed by atoms with Crippen LogP contribution < -0.4 is 5.32 Å². The van der Waals surface area contributed by atoms with Crippen molar-refractivity contribution in [1.82, 2.24) is 10.2 Å². The number of carbonyl (C=O) groups excluding carboxylic acids is 1. The predicted octanol–water partition coefficient (Wildman–Crippen LogP) is 4.76. The number of rotatable bonds is 7. The summed E-state index contributed by atoms with van der Waals surface area (Å²) in [5, 5.41) is 11.5. The van der Waals surface area contributed by atoms with E-state index in [9.17, 15) is 4.79 Å². The molecule has 3 aromatic rings. The first-order valence-corrected chi connectivity index (χ1v) is 9.87. The lowest BCUT2D eigenvalue weighted by Gasteiger charge is -2.08. The highest BCUT2D eigenvalue weighted by Crippen LogP contribution is 2.23. The molecule has 6 heteroatoms. The molecular weight excluding hydrogens is 358 g/mol. The number of carbonyl (C=O) groups is 1. The Bertz CT molecular complexity index is 909. The van der Waals surface area contributed by atoms with Gasteiger partial charge in [-0.1, -0.05) is 61.2 Å². The smallest absolute Gasteiger partial charge is 0.277 e. The van der Waals surface area contributed by atoms with Crippen LogP contribution in [0.4, 0.5) is 5.69 Å². The maximum atomic E-state index is 12.2. The molecule has 1 atom stereocenters. The van der Waals surface area contributed by atoms with Gasteiger partial charge in [0.2, 0.25) is 11.8 Å². The van der Waals surface area contributed by atoms with E-state index in [0.29, 0.717) is 17.5 Å². The van der Waals surface area contributed by atoms with Crippen molar-refractivity contribution < 1.29 is 9.21 Å². The molecule has 0 aliphatic heterocycles. The fourth-order valence-corrected chi connectivity index (χ4v) is 3.30. The summed E-state index contributed by atoms with van der Waals surface area (Å²) in [7, 11) is 0. The van der Waals surface area contributed by atoms with Gasteiger partial charge >= 0.3 is 0 Å². The topological polar surface area (TPSA) is 68.0 Å². The molecule has 27 heavy (non-hydrogen) atoms. The Hall–Kier alpha value is -2.60. The highest BCUT2D eigenvalue weighted by Gasteiger charge is 2.14. The maximum absolute atomic E-state index is 12.2. The van der Waals surface area contributed by atoms with Crippen molar-refractivity contribution in [3.8, 4) is 0 Å². The lowest BCUT2D eigenvalue weighted by atomic mass is 9.98. The minimum absolute atomic E-state index is 0.0916. The fourth-order valence-electron chi connectivity index (χ4n) is 2.72. The molecule has 3 rings (SSSR count). The van der Waals surface area contributed by atoms with E-state index in [1.165, 1.54) is 17.3 Å². The van der Waals surface area contributed by atoms with Crippen LogP contribution in [-0.4, -0.2) is 21.9 Å². The van der Waals surface area contributed by atoms with Crippen molar-refractivity contribution in [1.29, 1.82) is 0 Å². The van der Waals surface area contributed by atoms with Crippen LogP contribution in [0.3, 0.4) is 0 Å². The zero-order chi connectivity index (χ0) is 19.2. The second-order valence-corrected chi connectivity index (χ2v) is 7.56. The summed E-state index contributed by atoms with van der Waals surface area (Å²) in [4.78, 5) is 12.2. The number of anilines is 1. The second-order valence-electron chi connectivity index (χ2n) is 6.63. The van der Waals surface area contributed by atoms with Crippen LogP contribution in [0.2, 0.25) is 0 Å². The zero-order valence-electron chi connectivity index (χ0n) is 15.7. The van der Waals surface area contributed by atoms with Gasteiger partial charge in [-0.25, -0.2) is 0 Å². The molecule has 140 valence electrons. The van der Waals surface area contributed by atoms with E-state index in [1.807, 2.05) is 50.2 Å². The Morgan fingerprint density at radius 2 is 1.93 bits per heavy atom. The fraction of sp³-hybridized carbons (Fsp3) is 0.286. The van der Waals surface area contributed by atoms with Crippen molar-refractivity contribution >= 4 is 23.4 Å². The molecular formula is C21H23N3O2S.